The van der Waals surface area contributed by atoms with Gasteiger partial charge in [0.1, 0.15) is 17.8 Å². The topological polar surface area (TPSA) is 190 Å². The number of amides is 1. The van der Waals surface area contributed by atoms with Crippen LogP contribution >= 0.6 is 15.9 Å². The maximum absolute atomic E-state index is 14.4. The fourth-order valence-electron chi connectivity index (χ4n) is 8.56. The Morgan fingerprint density at radius 1 is 1.20 bits per heavy atom. The summed E-state index contributed by atoms with van der Waals surface area (Å²) in [4.78, 5) is 40.6. The van der Waals surface area contributed by atoms with E-state index in [0.29, 0.717) is 10.9 Å². The molecular formula is C30H43BrN2O8. The van der Waals surface area contributed by atoms with E-state index in [2.05, 4.69) is 21.2 Å². The number of aromatic hydroxyl groups is 1. The van der Waals surface area contributed by atoms with Gasteiger partial charge in [0.25, 0.3) is 0 Å². The van der Waals surface area contributed by atoms with Crippen molar-refractivity contribution in [3.63, 3.8) is 0 Å². The highest BCUT2D eigenvalue weighted by atomic mass is 79.9. The number of hydrogen-bond donors (Lipinski definition) is 7. The SMILES string of the molecule is CC(C)c1cc(NCC(O)CBr)c(O)c2c1C[C@]1(C)C[C@]3(C)[C@@H](C(C)C)C(O)[C@@H](C(N)=O)C(=O)[C@]3(O)C(O)[C@H]1C2=O. The van der Waals surface area contributed by atoms with E-state index in [0.717, 1.165) is 5.56 Å². The second-order valence-corrected chi connectivity index (χ2v) is 14.2. The van der Waals surface area contributed by atoms with Crippen molar-refractivity contribution < 1.29 is 39.9 Å². The number of aliphatic hydroxyl groups excluding tert-OH is 3. The number of aliphatic hydroxyl groups is 4. The molecule has 0 aromatic heterocycles. The summed E-state index contributed by atoms with van der Waals surface area (Å²) in [6.45, 7) is 11.1. The van der Waals surface area contributed by atoms with Gasteiger partial charge in [-0.2, -0.15) is 0 Å². The first-order valence-electron chi connectivity index (χ1n) is 14.2. The Balaban J connectivity index is 1.94. The van der Waals surface area contributed by atoms with Gasteiger partial charge in [-0.25, -0.2) is 0 Å². The molecule has 2 saturated carbocycles. The summed E-state index contributed by atoms with van der Waals surface area (Å²) in [5.41, 5.74) is 2.32. The molecule has 0 heterocycles. The molecule has 228 valence electrons. The third kappa shape index (κ3) is 4.45. The Hall–Kier alpha value is -2.05. The van der Waals surface area contributed by atoms with Crippen molar-refractivity contribution >= 4 is 39.1 Å². The van der Waals surface area contributed by atoms with E-state index in [4.69, 9.17) is 5.73 Å². The number of alkyl halides is 1. The highest BCUT2D eigenvalue weighted by molar-refractivity contribution is 9.09. The number of Topliss-reactive ketones (excluding diaryl/α,β-unsaturated/α-hetero) is 2. The Bertz CT molecular complexity index is 1270. The zero-order valence-electron chi connectivity index (χ0n) is 24.4. The van der Waals surface area contributed by atoms with Crippen LogP contribution in [0.3, 0.4) is 0 Å². The van der Waals surface area contributed by atoms with Gasteiger partial charge >= 0.3 is 0 Å². The smallest absolute Gasteiger partial charge is 0.230 e. The predicted molar refractivity (Wildman–Crippen MR) is 156 cm³/mol. The quantitative estimate of drug-likeness (QED) is 0.133. The summed E-state index contributed by atoms with van der Waals surface area (Å²) in [6, 6.07) is 1.77. The predicted octanol–water partition coefficient (Wildman–Crippen LogP) is 1.86. The van der Waals surface area contributed by atoms with Crippen molar-refractivity contribution in [1.29, 1.82) is 0 Å². The Kier molecular flexibility index (Phi) is 8.23. The molecule has 10 nitrogen and oxygen atoms in total. The molecule has 0 saturated heterocycles. The maximum Gasteiger partial charge on any atom is 0.230 e. The van der Waals surface area contributed by atoms with Crippen molar-refractivity contribution in [3.05, 3.63) is 22.8 Å². The number of carbonyl (C=O) groups is 3. The number of hydrogen-bond acceptors (Lipinski definition) is 9. The zero-order chi connectivity index (χ0) is 31.0. The van der Waals surface area contributed by atoms with Crippen molar-refractivity contribution in [2.75, 3.05) is 17.2 Å². The number of fused-ring (bicyclic) bond motifs is 3. The van der Waals surface area contributed by atoms with Crippen LogP contribution in [0.2, 0.25) is 0 Å². The number of rotatable bonds is 7. The molecule has 0 spiro atoms. The lowest BCUT2D eigenvalue weighted by molar-refractivity contribution is -0.265. The lowest BCUT2D eigenvalue weighted by Gasteiger charge is -2.66. The van der Waals surface area contributed by atoms with Crippen LogP contribution in [0.25, 0.3) is 0 Å². The standard InChI is InChI=1S/C30H43BrN2O8/c1-12(2)15-7-17(33-10-14(34)9-31)22(35)18-16(15)8-28(5)11-29(6)20(13(3)4)24(37)19(27(32)40)25(38)30(29,41)26(39)21(28)23(18)36/h7,12-14,19-21,24,26,33-35,37,39,41H,8-11H2,1-6H3,(H2,32,40)/t14?,19-,20+,21-,24?,26?,28-,29-,30+/m1/s1. The van der Waals surface area contributed by atoms with E-state index >= 15 is 0 Å². The van der Waals surface area contributed by atoms with Gasteiger partial charge in [-0.05, 0) is 53.2 Å². The van der Waals surface area contributed by atoms with E-state index in [1.54, 1.807) is 13.0 Å². The van der Waals surface area contributed by atoms with E-state index in [9.17, 15) is 39.9 Å². The van der Waals surface area contributed by atoms with Gasteiger partial charge in [0.15, 0.2) is 17.2 Å². The minimum absolute atomic E-state index is 0.0101. The normalized spacial score (nSPS) is 37.4. The largest absolute Gasteiger partial charge is 0.505 e. The van der Waals surface area contributed by atoms with Crippen LogP contribution in [0.4, 0.5) is 5.69 Å². The summed E-state index contributed by atoms with van der Waals surface area (Å²) in [7, 11) is 0. The van der Waals surface area contributed by atoms with Gasteiger partial charge in [0, 0.05) is 17.3 Å². The molecular weight excluding hydrogens is 596 g/mol. The molecule has 8 N–H and O–H groups in total. The Morgan fingerprint density at radius 2 is 1.80 bits per heavy atom. The van der Waals surface area contributed by atoms with Crippen LogP contribution in [-0.2, 0) is 16.0 Å². The summed E-state index contributed by atoms with van der Waals surface area (Å²) >= 11 is 3.21. The second-order valence-electron chi connectivity index (χ2n) is 13.5. The first-order valence-corrected chi connectivity index (χ1v) is 15.3. The van der Waals surface area contributed by atoms with Gasteiger partial charge in [0.05, 0.1) is 29.4 Å². The Morgan fingerprint density at radius 3 is 2.32 bits per heavy atom. The number of phenols is 1. The molecule has 1 aromatic carbocycles. The number of primary amides is 1. The molecule has 3 aliphatic carbocycles. The van der Waals surface area contributed by atoms with Crippen LogP contribution in [0.5, 0.6) is 5.75 Å². The number of nitrogens with two attached hydrogens (primary N) is 1. The van der Waals surface area contributed by atoms with Crippen LogP contribution in [-0.4, -0.2) is 78.8 Å². The minimum atomic E-state index is -2.55. The first kappa shape index (κ1) is 31.9. The summed E-state index contributed by atoms with van der Waals surface area (Å²) < 4.78 is 0. The van der Waals surface area contributed by atoms with Crippen molar-refractivity contribution in [1.82, 2.24) is 0 Å². The lowest BCUT2D eigenvalue weighted by Crippen LogP contribution is -2.79. The number of benzene rings is 1. The highest BCUT2D eigenvalue weighted by Gasteiger charge is 2.76. The lowest BCUT2D eigenvalue weighted by atomic mass is 9.39. The fourth-order valence-corrected chi connectivity index (χ4v) is 8.79. The fraction of sp³-hybridized carbons (Fsp3) is 0.700. The molecule has 11 heteroatoms. The van der Waals surface area contributed by atoms with Crippen molar-refractivity contribution in [2.24, 2.45) is 40.2 Å². The molecule has 2 fully saturated rings. The van der Waals surface area contributed by atoms with Gasteiger partial charge in [-0.15, -0.1) is 0 Å². The average Bonchev–Trinajstić information content (AvgIpc) is 2.84. The summed E-state index contributed by atoms with van der Waals surface area (Å²) in [5.74, 6) is -7.32. The van der Waals surface area contributed by atoms with E-state index < -0.39 is 70.0 Å². The molecule has 3 unspecified atom stereocenters. The number of halogens is 1. The molecule has 9 atom stereocenters. The molecule has 1 aromatic rings. The van der Waals surface area contributed by atoms with Gasteiger partial charge in [-0.3, -0.25) is 14.4 Å². The minimum Gasteiger partial charge on any atom is -0.505 e. The molecule has 3 aliphatic rings. The monoisotopic (exact) mass is 638 g/mol. The van der Waals surface area contributed by atoms with Crippen LogP contribution in [0.15, 0.2) is 6.07 Å². The Labute approximate surface area is 248 Å². The molecule has 1 amide bonds. The van der Waals surface area contributed by atoms with E-state index in [-0.39, 0.29) is 48.2 Å². The van der Waals surface area contributed by atoms with Crippen molar-refractivity contribution in [3.8, 4) is 5.75 Å². The molecule has 0 aliphatic heterocycles. The first-order chi connectivity index (χ1) is 18.9. The van der Waals surface area contributed by atoms with Crippen LogP contribution in [0.1, 0.15) is 75.4 Å². The van der Waals surface area contributed by atoms with Gasteiger partial charge < -0.3 is 36.6 Å². The van der Waals surface area contributed by atoms with Crippen LogP contribution in [0, 0.1) is 34.5 Å². The number of carbonyl (C=O) groups excluding carboxylic acids is 3. The third-order valence-corrected chi connectivity index (χ3v) is 10.9. The molecule has 4 rings (SSSR count). The van der Waals surface area contributed by atoms with Crippen LogP contribution < -0.4 is 11.1 Å². The number of ketones is 2. The van der Waals surface area contributed by atoms with Crippen molar-refractivity contribution in [2.45, 2.75) is 84.2 Å². The van der Waals surface area contributed by atoms with Gasteiger partial charge in [0.2, 0.25) is 5.91 Å². The van der Waals surface area contributed by atoms with E-state index in [1.165, 1.54) is 0 Å². The number of phenolic OH excluding ortho intramolecular Hbond substituents is 1. The maximum atomic E-state index is 14.4. The number of nitrogens with one attached hydrogen (secondary N) is 1. The second kappa shape index (κ2) is 10.6. The summed E-state index contributed by atoms with van der Waals surface area (Å²) in [5, 5.41) is 60.1. The molecule has 41 heavy (non-hydrogen) atoms. The third-order valence-electron chi connectivity index (χ3n) is 10.1. The van der Waals surface area contributed by atoms with E-state index in [1.807, 2.05) is 34.6 Å². The van der Waals surface area contributed by atoms with Gasteiger partial charge in [-0.1, -0.05) is 57.5 Å². The molecule has 0 radical (unpaired) electrons. The highest BCUT2D eigenvalue weighted by Crippen LogP contribution is 2.66. The molecule has 0 bridgehead atoms. The summed E-state index contributed by atoms with van der Waals surface area (Å²) in [6.07, 6.45) is -3.79. The average molecular weight is 640 g/mol. The number of anilines is 1. The zero-order valence-corrected chi connectivity index (χ0v) is 26.0.